The van der Waals surface area contributed by atoms with E-state index < -0.39 is 0 Å². The Kier molecular flexibility index (Phi) is 3.85. The molecule has 1 aliphatic heterocycles. The summed E-state index contributed by atoms with van der Waals surface area (Å²) in [6.45, 7) is 2.80. The van der Waals surface area contributed by atoms with Crippen molar-refractivity contribution in [2.75, 3.05) is 13.2 Å². The fraction of sp³-hybridized carbons (Fsp3) is 0.923. The van der Waals surface area contributed by atoms with Crippen LogP contribution in [-0.2, 0) is 4.79 Å². The van der Waals surface area contributed by atoms with Gasteiger partial charge in [0.25, 0.3) is 0 Å². The van der Waals surface area contributed by atoms with Gasteiger partial charge in [-0.1, -0.05) is 19.3 Å². The molecule has 0 aromatic heterocycles. The second-order valence-corrected chi connectivity index (χ2v) is 5.38. The zero-order valence-electron chi connectivity index (χ0n) is 10.2. The molecule has 2 rings (SSSR count). The number of hydrogen-bond donors (Lipinski definition) is 1. The summed E-state index contributed by atoms with van der Waals surface area (Å²) < 4.78 is 0. The smallest absolute Gasteiger partial charge is 0.219 e. The largest absolute Gasteiger partial charge is 0.396 e. The Hall–Kier alpha value is -0.570. The Morgan fingerprint density at radius 3 is 2.62 bits per heavy atom. The average molecular weight is 225 g/mol. The summed E-state index contributed by atoms with van der Waals surface area (Å²) in [7, 11) is 0. The highest BCUT2D eigenvalue weighted by Gasteiger charge is 2.37. The molecule has 3 unspecified atom stereocenters. The number of nitrogens with zero attached hydrogens (tertiary/aromatic N) is 1. The van der Waals surface area contributed by atoms with Crippen LogP contribution in [0.15, 0.2) is 0 Å². The third-order valence-corrected chi connectivity index (χ3v) is 4.38. The molecule has 92 valence electrons. The number of rotatable bonds is 2. The van der Waals surface area contributed by atoms with Crippen molar-refractivity contribution in [2.45, 2.75) is 51.5 Å². The number of carbonyl (C=O) groups excluding carboxylic acids is 1. The number of aliphatic hydroxyl groups is 1. The van der Waals surface area contributed by atoms with E-state index >= 15 is 0 Å². The summed E-state index contributed by atoms with van der Waals surface area (Å²) in [4.78, 5) is 13.6. The van der Waals surface area contributed by atoms with Crippen LogP contribution in [0.4, 0.5) is 0 Å². The first-order valence-corrected chi connectivity index (χ1v) is 6.60. The summed E-state index contributed by atoms with van der Waals surface area (Å²) in [6.07, 6.45) is 7.18. The van der Waals surface area contributed by atoms with Crippen molar-refractivity contribution >= 4 is 5.91 Å². The highest BCUT2D eigenvalue weighted by molar-refractivity contribution is 5.73. The molecule has 16 heavy (non-hydrogen) atoms. The van der Waals surface area contributed by atoms with Crippen LogP contribution in [-0.4, -0.2) is 35.1 Å². The third-order valence-electron chi connectivity index (χ3n) is 4.38. The van der Waals surface area contributed by atoms with Gasteiger partial charge in [0.2, 0.25) is 5.91 Å². The lowest BCUT2D eigenvalue weighted by Gasteiger charge is -2.46. The quantitative estimate of drug-likeness (QED) is 0.778. The Labute approximate surface area is 97.8 Å². The maximum absolute atomic E-state index is 11.6. The first-order chi connectivity index (χ1) is 7.72. The Balaban J connectivity index is 2.03. The van der Waals surface area contributed by atoms with E-state index in [-0.39, 0.29) is 12.5 Å². The minimum Gasteiger partial charge on any atom is -0.396 e. The fourth-order valence-electron chi connectivity index (χ4n) is 3.52. The number of likely N-dealkylation sites (tertiary alicyclic amines) is 1. The minimum absolute atomic E-state index is 0.183. The number of carbonyl (C=O) groups is 1. The molecule has 0 radical (unpaired) electrons. The van der Waals surface area contributed by atoms with Crippen molar-refractivity contribution in [3.8, 4) is 0 Å². The third kappa shape index (κ3) is 2.40. The van der Waals surface area contributed by atoms with Gasteiger partial charge in [0.1, 0.15) is 0 Å². The first-order valence-electron chi connectivity index (χ1n) is 6.60. The second-order valence-electron chi connectivity index (χ2n) is 5.38. The molecule has 3 nitrogen and oxygen atoms in total. The number of aliphatic hydroxyl groups excluding tert-OH is 1. The lowest BCUT2D eigenvalue weighted by Crippen LogP contribution is -2.50. The predicted molar refractivity (Wildman–Crippen MR) is 62.9 cm³/mol. The summed E-state index contributed by atoms with van der Waals surface area (Å²) >= 11 is 0. The Morgan fingerprint density at radius 1 is 1.31 bits per heavy atom. The molecule has 1 aliphatic carbocycles. The maximum Gasteiger partial charge on any atom is 0.219 e. The highest BCUT2D eigenvalue weighted by atomic mass is 16.3. The summed E-state index contributed by atoms with van der Waals surface area (Å²) in [5, 5.41) is 9.08. The van der Waals surface area contributed by atoms with E-state index in [1.165, 1.54) is 25.7 Å². The van der Waals surface area contributed by atoms with Crippen molar-refractivity contribution in [3.63, 3.8) is 0 Å². The van der Waals surface area contributed by atoms with Crippen LogP contribution in [0.1, 0.15) is 45.4 Å². The molecular formula is C13H23NO2. The van der Waals surface area contributed by atoms with Crippen molar-refractivity contribution in [1.82, 2.24) is 4.90 Å². The van der Waals surface area contributed by atoms with Gasteiger partial charge in [-0.3, -0.25) is 4.79 Å². The van der Waals surface area contributed by atoms with Gasteiger partial charge in [-0.2, -0.15) is 0 Å². The highest BCUT2D eigenvalue weighted by Crippen LogP contribution is 2.39. The van der Waals surface area contributed by atoms with Crippen LogP contribution >= 0.6 is 0 Å². The molecule has 1 saturated heterocycles. The number of piperidine rings is 1. The van der Waals surface area contributed by atoms with E-state index in [4.69, 9.17) is 5.11 Å². The molecule has 3 atom stereocenters. The van der Waals surface area contributed by atoms with Gasteiger partial charge in [-0.05, 0) is 31.1 Å². The number of hydrogen-bond acceptors (Lipinski definition) is 2. The van der Waals surface area contributed by atoms with E-state index in [9.17, 15) is 4.79 Å². The van der Waals surface area contributed by atoms with Crippen molar-refractivity contribution in [2.24, 2.45) is 11.8 Å². The normalized spacial score (nSPS) is 34.6. The van der Waals surface area contributed by atoms with E-state index in [1.54, 1.807) is 6.92 Å². The monoisotopic (exact) mass is 225 g/mol. The summed E-state index contributed by atoms with van der Waals surface area (Å²) in [5.74, 6) is 1.72. The van der Waals surface area contributed by atoms with Crippen LogP contribution in [0.5, 0.6) is 0 Å². The van der Waals surface area contributed by atoms with Gasteiger partial charge >= 0.3 is 0 Å². The van der Waals surface area contributed by atoms with Gasteiger partial charge in [0, 0.05) is 26.1 Å². The Morgan fingerprint density at radius 2 is 2.00 bits per heavy atom. The van der Waals surface area contributed by atoms with E-state index in [0.717, 1.165) is 31.2 Å². The fourth-order valence-corrected chi connectivity index (χ4v) is 3.52. The number of fused-ring (bicyclic) bond motifs is 1. The van der Waals surface area contributed by atoms with E-state index in [1.807, 2.05) is 4.90 Å². The van der Waals surface area contributed by atoms with Crippen molar-refractivity contribution in [3.05, 3.63) is 0 Å². The molecule has 1 heterocycles. The molecule has 3 heteroatoms. The van der Waals surface area contributed by atoms with E-state index in [0.29, 0.717) is 6.04 Å². The predicted octanol–water partition coefficient (Wildman–Crippen LogP) is 1.80. The van der Waals surface area contributed by atoms with Gasteiger partial charge in [0.15, 0.2) is 0 Å². The van der Waals surface area contributed by atoms with Crippen LogP contribution in [0.2, 0.25) is 0 Å². The first kappa shape index (κ1) is 11.9. The molecule has 0 aromatic carbocycles. The summed E-state index contributed by atoms with van der Waals surface area (Å²) in [6, 6.07) is 0.293. The molecule has 2 fully saturated rings. The molecule has 2 aliphatic rings. The average Bonchev–Trinajstić information content (AvgIpc) is 2.28. The molecular weight excluding hydrogens is 202 g/mol. The topological polar surface area (TPSA) is 40.5 Å². The molecule has 1 saturated carbocycles. The molecule has 1 amide bonds. The van der Waals surface area contributed by atoms with Gasteiger partial charge in [-0.25, -0.2) is 0 Å². The zero-order valence-corrected chi connectivity index (χ0v) is 10.2. The second kappa shape index (κ2) is 5.17. The van der Waals surface area contributed by atoms with Gasteiger partial charge in [-0.15, -0.1) is 0 Å². The van der Waals surface area contributed by atoms with Gasteiger partial charge in [0.05, 0.1) is 0 Å². The lowest BCUT2D eigenvalue weighted by molar-refractivity contribution is -0.136. The molecule has 0 bridgehead atoms. The van der Waals surface area contributed by atoms with E-state index in [2.05, 4.69) is 0 Å². The Bertz CT molecular complexity index is 254. The molecule has 1 N–H and O–H groups in total. The van der Waals surface area contributed by atoms with Crippen LogP contribution in [0.3, 0.4) is 0 Å². The van der Waals surface area contributed by atoms with Gasteiger partial charge < -0.3 is 10.0 Å². The van der Waals surface area contributed by atoms with Crippen molar-refractivity contribution < 1.29 is 9.90 Å². The maximum atomic E-state index is 11.6. The van der Waals surface area contributed by atoms with Crippen LogP contribution < -0.4 is 0 Å². The number of amides is 1. The minimum atomic E-state index is 0.183. The van der Waals surface area contributed by atoms with Crippen molar-refractivity contribution in [1.29, 1.82) is 0 Å². The standard InChI is InChI=1S/C13H23NO2/c1-10(16)14-9-12-5-3-2-4-11(12)8-13(14)6-7-15/h11-13,15H,2-9H2,1H3. The summed E-state index contributed by atoms with van der Waals surface area (Å²) in [5.41, 5.74) is 0. The lowest BCUT2D eigenvalue weighted by atomic mass is 9.72. The van der Waals surface area contributed by atoms with Crippen LogP contribution in [0, 0.1) is 11.8 Å². The molecule has 0 aromatic rings. The van der Waals surface area contributed by atoms with Crippen LogP contribution in [0.25, 0.3) is 0 Å². The zero-order chi connectivity index (χ0) is 11.5. The molecule has 0 spiro atoms. The SMILES string of the molecule is CC(=O)N1CC2CCCCC2CC1CCO.